The first-order chi connectivity index (χ1) is 18.4. The number of allylic oxidation sites excluding steroid dienone is 2. The van der Waals surface area contributed by atoms with E-state index in [2.05, 4.69) is 6.92 Å². The normalized spacial score (nSPS) is 20.9. The Morgan fingerprint density at radius 1 is 0.947 bits per heavy atom. The number of unbranched alkanes of at least 4 members (excludes halogenated alkanes) is 2. The molecule has 1 aliphatic heterocycles. The van der Waals surface area contributed by atoms with E-state index in [0.29, 0.717) is 42.2 Å². The van der Waals surface area contributed by atoms with Gasteiger partial charge in [0.2, 0.25) is 0 Å². The summed E-state index contributed by atoms with van der Waals surface area (Å²) >= 11 is 0. The smallest absolute Gasteiger partial charge is 0.315 e. The average Bonchev–Trinajstić information content (AvgIpc) is 2.94. The molecular weight excluding hydrogens is 482 g/mol. The van der Waals surface area contributed by atoms with Gasteiger partial charge in [-0.25, -0.2) is 0 Å². The summed E-state index contributed by atoms with van der Waals surface area (Å²) in [6.45, 7) is 4.30. The van der Waals surface area contributed by atoms with Crippen molar-refractivity contribution in [3.63, 3.8) is 0 Å². The Kier molecular flexibility index (Phi) is 8.87. The third-order valence-electron chi connectivity index (χ3n) is 7.49. The van der Waals surface area contributed by atoms with E-state index in [0.717, 1.165) is 41.8 Å². The molecule has 2 aromatic carbocycles. The molecule has 0 radical (unpaired) electrons. The van der Waals surface area contributed by atoms with E-state index in [-0.39, 0.29) is 17.7 Å². The van der Waals surface area contributed by atoms with Crippen LogP contribution in [0.15, 0.2) is 58.7 Å². The van der Waals surface area contributed by atoms with Gasteiger partial charge >= 0.3 is 5.97 Å². The largest absolute Gasteiger partial charge is 0.497 e. The molecule has 0 bridgehead atoms. The first-order valence-corrected chi connectivity index (χ1v) is 13.3. The average molecular weight is 520 g/mol. The van der Waals surface area contributed by atoms with Crippen LogP contribution in [0, 0.1) is 5.92 Å². The molecule has 202 valence electrons. The quantitative estimate of drug-likeness (QED) is 0.282. The molecule has 0 amide bonds. The van der Waals surface area contributed by atoms with E-state index in [1.165, 1.54) is 0 Å². The van der Waals surface area contributed by atoms with Gasteiger partial charge in [-0.05, 0) is 61.6 Å². The number of benzene rings is 2. The van der Waals surface area contributed by atoms with Gasteiger partial charge in [-0.2, -0.15) is 0 Å². The lowest BCUT2D eigenvalue weighted by atomic mass is 9.69. The van der Waals surface area contributed by atoms with Crippen LogP contribution in [-0.4, -0.2) is 45.4 Å². The second-order valence-electron chi connectivity index (χ2n) is 9.85. The molecule has 0 saturated carbocycles. The number of ketones is 1. The highest BCUT2D eigenvalue weighted by Crippen LogP contribution is 2.49. The van der Waals surface area contributed by atoms with Crippen molar-refractivity contribution in [3.05, 3.63) is 64.9 Å². The van der Waals surface area contributed by atoms with Crippen LogP contribution in [0.4, 0.5) is 0 Å². The van der Waals surface area contributed by atoms with Crippen LogP contribution in [0.25, 0.3) is 0 Å². The highest BCUT2D eigenvalue weighted by atomic mass is 16.5. The highest BCUT2D eigenvalue weighted by molar-refractivity contribution is 6.09. The lowest BCUT2D eigenvalue weighted by Gasteiger charge is -2.37. The molecule has 2 aromatic rings. The second kappa shape index (κ2) is 12.3. The van der Waals surface area contributed by atoms with Crippen LogP contribution >= 0.6 is 0 Å². The van der Waals surface area contributed by atoms with Gasteiger partial charge in [-0.3, -0.25) is 14.6 Å². The van der Waals surface area contributed by atoms with E-state index in [9.17, 15) is 9.59 Å². The number of Topliss-reactive ketones (excluding diaryl/α,β-unsaturated/α-hetero) is 1. The molecule has 1 heterocycles. The zero-order chi connectivity index (χ0) is 27.2. The molecule has 38 heavy (non-hydrogen) atoms. The zero-order valence-corrected chi connectivity index (χ0v) is 22.9. The summed E-state index contributed by atoms with van der Waals surface area (Å²) in [6.07, 6.45) is 3.76. The zero-order valence-electron chi connectivity index (χ0n) is 22.9. The van der Waals surface area contributed by atoms with Crippen molar-refractivity contribution >= 4 is 17.5 Å². The third kappa shape index (κ3) is 5.62. The molecule has 0 saturated heterocycles. The third-order valence-corrected chi connectivity index (χ3v) is 7.49. The van der Waals surface area contributed by atoms with Crippen molar-refractivity contribution in [1.82, 2.24) is 0 Å². The first kappa shape index (κ1) is 27.4. The predicted molar refractivity (Wildman–Crippen MR) is 146 cm³/mol. The van der Waals surface area contributed by atoms with Gasteiger partial charge < -0.3 is 18.9 Å². The maximum absolute atomic E-state index is 13.9. The summed E-state index contributed by atoms with van der Waals surface area (Å²) in [5, 5.41) is 0. The van der Waals surface area contributed by atoms with Crippen LogP contribution in [0.1, 0.15) is 68.9 Å². The summed E-state index contributed by atoms with van der Waals surface area (Å²) in [5.41, 5.74) is 3.72. The highest BCUT2D eigenvalue weighted by Gasteiger charge is 2.46. The van der Waals surface area contributed by atoms with Gasteiger partial charge in [0.05, 0.1) is 27.9 Å². The molecule has 7 nitrogen and oxygen atoms in total. The minimum absolute atomic E-state index is 0.00546. The first-order valence-electron chi connectivity index (χ1n) is 13.3. The summed E-state index contributed by atoms with van der Waals surface area (Å²) in [6, 6.07) is 13.3. The molecule has 1 unspecified atom stereocenters. The number of nitrogens with zero attached hydrogens (tertiary/aromatic N) is 1. The van der Waals surface area contributed by atoms with Gasteiger partial charge in [0.15, 0.2) is 5.78 Å². The Morgan fingerprint density at radius 3 is 2.32 bits per heavy atom. The fourth-order valence-electron chi connectivity index (χ4n) is 5.51. The number of carbonyl (C=O) groups excluding carboxylic acids is 2. The summed E-state index contributed by atoms with van der Waals surface area (Å²) in [7, 11) is 4.81. The van der Waals surface area contributed by atoms with E-state index in [4.69, 9.17) is 23.9 Å². The fourth-order valence-corrected chi connectivity index (χ4v) is 5.51. The van der Waals surface area contributed by atoms with Crippen molar-refractivity contribution < 1.29 is 28.5 Å². The molecule has 7 heteroatoms. The lowest BCUT2D eigenvalue weighted by molar-refractivity contribution is -0.146. The topological polar surface area (TPSA) is 83.4 Å². The molecule has 0 aromatic heterocycles. The van der Waals surface area contributed by atoms with Crippen LogP contribution in [-0.2, 0) is 14.3 Å². The monoisotopic (exact) mass is 519 g/mol. The number of ether oxygens (including phenoxy) is 4. The SMILES string of the molecule is CCCCCOC(=O)C1C(C)=NC2=C(C(=O)C[C@H](c3ccc(OC)cc3)C2)[C@@H]1c1cc(OC)ccc1OC. The number of methoxy groups -OCH3 is 3. The Labute approximate surface area is 224 Å². The molecule has 0 spiro atoms. The molecule has 0 N–H and O–H groups in total. The molecular formula is C31H37NO6. The lowest BCUT2D eigenvalue weighted by Crippen LogP contribution is -2.38. The van der Waals surface area contributed by atoms with Crippen LogP contribution < -0.4 is 14.2 Å². The maximum atomic E-state index is 13.9. The minimum atomic E-state index is -0.724. The van der Waals surface area contributed by atoms with Gasteiger partial charge in [0.25, 0.3) is 0 Å². The molecule has 3 atom stereocenters. The van der Waals surface area contributed by atoms with Crippen LogP contribution in [0.2, 0.25) is 0 Å². The van der Waals surface area contributed by atoms with Crippen LogP contribution in [0.5, 0.6) is 17.2 Å². The Bertz CT molecular complexity index is 1230. The predicted octanol–water partition coefficient (Wildman–Crippen LogP) is 6.02. The number of rotatable bonds is 10. The number of hydrogen-bond donors (Lipinski definition) is 0. The molecule has 1 aliphatic carbocycles. The van der Waals surface area contributed by atoms with Crippen LogP contribution in [0.3, 0.4) is 0 Å². The van der Waals surface area contributed by atoms with E-state index < -0.39 is 11.8 Å². The van der Waals surface area contributed by atoms with E-state index in [1.54, 1.807) is 21.3 Å². The Morgan fingerprint density at radius 2 is 1.66 bits per heavy atom. The molecule has 0 fully saturated rings. The Balaban J connectivity index is 1.77. The summed E-state index contributed by atoms with van der Waals surface area (Å²) in [5.74, 6) is 0.301. The summed E-state index contributed by atoms with van der Waals surface area (Å²) < 4.78 is 22.2. The van der Waals surface area contributed by atoms with Gasteiger partial charge in [-0.1, -0.05) is 31.9 Å². The number of aliphatic imine (C=N–C) groups is 1. The number of esters is 1. The van der Waals surface area contributed by atoms with E-state index in [1.807, 2.05) is 49.4 Å². The van der Waals surface area contributed by atoms with Crippen molar-refractivity contribution in [2.24, 2.45) is 10.9 Å². The van der Waals surface area contributed by atoms with Crippen molar-refractivity contribution in [3.8, 4) is 17.2 Å². The fraction of sp³-hybridized carbons (Fsp3) is 0.452. The number of carbonyl (C=O) groups is 2. The van der Waals surface area contributed by atoms with Crippen molar-refractivity contribution in [1.29, 1.82) is 0 Å². The molecule has 2 aliphatic rings. The van der Waals surface area contributed by atoms with Gasteiger partial charge in [-0.15, -0.1) is 0 Å². The Hall–Kier alpha value is -3.61. The second-order valence-corrected chi connectivity index (χ2v) is 9.85. The van der Waals surface area contributed by atoms with Gasteiger partial charge in [0, 0.05) is 34.9 Å². The van der Waals surface area contributed by atoms with Crippen molar-refractivity contribution in [2.75, 3.05) is 27.9 Å². The molecule has 4 rings (SSSR count). The summed E-state index contributed by atoms with van der Waals surface area (Å²) in [4.78, 5) is 32.2. The minimum Gasteiger partial charge on any atom is -0.497 e. The standard InChI is InChI=1S/C31H37NO6/c1-6-7-8-15-38-31(34)28-19(2)32-25-16-21(20-9-11-22(35-3)12-10-20)17-26(33)30(25)29(28)24-18-23(36-4)13-14-27(24)37-5/h9-14,18,21,28-29H,6-8,15-17H2,1-5H3/t21-,28?,29-/m1/s1. The number of hydrogen-bond acceptors (Lipinski definition) is 7. The maximum Gasteiger partial charge on any atom is 0.315 e. The van der Waals surface area contributed by atoms with Crippen molar-refractivity contribution in [2.45, 2.75) is 57.8 Å². The van der Waals surface area contributed by atoms with E-state index >= 15 is 0 Å². The van der Waals surface area contributed by atoms with Gasteiger partial charge in [0.1, 0.15) is 23.2 Å².